The minimum atomic E-state index is 0.418. The number of hydrazine groups is 1. The highest BCUT2D eigenvalue weighted by molar-refractivity contribution is 6.32. The van der Waals surface area contributed by atoms with Crippen molar-refractivity contribution < 1.29 is 9.47 Å². The van der Waals surface area contributed by atoms with E-state index in [1.54, 1.807) is 26.4 Å². The van der Waals surface area contributed by atoms with Gasteiger partial charge in [0, 0.05) is 12.1 Å². The second kappa shape index (κ2) is 5.65. The van der Waals surface area contributed by atoms with Crippen LogP contribution in [-0.4, -0.2) is 20.9 Å². The number of halogens is 1. The molecule has 0 aromatic heterocycles. The van der Waals surface area contributed by atoms with E-state index < -0.39 is 0 Å². The van der Waals surface area contributed by atoms with E-state index in [4.69, 9.17) is 26.9 Å². The molecule has 0 fully saturated rings. The predicted molar refractivity (Wildman–Crippen MR) is 60.4 cm³/mol. The Morgan fingerprint density at radius 2 is 1.93 bits per heavy atom. The Hall–Kier alpha value is -1.17. The molecule has 0 amide bonds. The van der Waals surface area contributed by atoms with E-state index in [-0.39, 0.29) is 0 Å². The number of hydrogen-bond donors (Lipinski definition) is 3. The van der Waals surface area contributed by atoms with Crippen molar-refractivity contribution in [3.05, 3.63) is 17.2 Å². The molecule has 0 atom stereocenters. The van der Waals surface area contributed by atoms with Gasteiger partial charge in [-0.25, -0.2) is 5.43 Å². The number of benzene rings is 1. The van der Waals surface area contributed by atoms with E-state index >= 15 is 0 Å². The fourth-order valence-corrected chi connectivity index (χ4v) is 1.38. The number of rotatable bonds is 5. The first kappa shape index (κ1) is 11.9. The smallest absolute Gasteiger partial charge is 0.143 e. The molecule has 0 heterocycles. The molecule has 0 unspecified atom stereocenters. The van der Waals surface area contributed by atoms with Gasteiger partial charge >= 0.3 is 0 Å². The minimum Gasteiger partial charge on any atom is -0.495 e. The van der Waals surface area contributed by atoms with Crippen LogP contribution in [0.1, 0.15) is 0 Å². The fraction of sp³-hybridized carbons (Fsp3) is 0.333. The quantitative estimate of drug-likeness (QED) is 0.404. The number of ether oxygens (including phenoxy) is 2. The van der Waals surface area contributed by atoms with Crippen molar-refractivity contribution in [1.82, 2.24) is 5.43 Å². The van der Waals surface area contributed by atoms with E-state index in [1.165, 1.54) is 0 Å². The molecule has 0 radical (unpaired) electrons. The van der Waals surface area contributed by atoms with Gasteiger partial charge in [0.15, 0.2) is 0 Å². The van der Waals surface area contributed by atoms with Crippen LogP contribution in [0.5, 0.6) is 11.5 Å². The predicted octanol–water partition coefficient (Wildman–Crippen LogP) is 1.19. The van der Waals surface area contributed by atoms with Gasteiger partial charge < -0.3 is 14.8 Å². The molecule has 15 heavy (non-hydrogen) atoms. The molecular weight excluding hydrogens is 218 g/mol. The zero-order chi connectivity index (χ0) is 11.3. The summed E-state index contributed by atoms with van der Waals surface area (Å²) in [5, 5.41) is 3.52. The van der Waals surface area contributed by atoms with Gasteiger partial charge in [-0.05, 0) is 0 Å². The van der Waals surface area contributed by atoms with E-state index in [1.807, 2.05) is 0 Å². The number of anilines is 1. The lowest BCUT2D eigenvalue weighted by atomic mass is 10.2. The van der Waals surface area contributed by atoms with Gasteiger partial charge in [0.25, 0.3) is 0 Å². The Morgan fingerprint density at radius 1 is 1.27 bits per heavy atom. The molecular formula is C9H14ClN3O2. The summed E-state index contributed by atoms with van der Waals surface area (Å²) in [6, 6.07) is 3.43. The molecule has 0 saturated carbocycles. The molecule has 1 aromatic carbocycles. The topological polar surface area (TPSA) is 68.5 Å². The maximum Gasteiger partial charge on any atom is 0.143 e. The lowest BCUT2D eigenvalue weighted by molar-refractivity contribution is 0.404. The Balaban J connectivity index is 2.99. The molecule has 0 aliphatic carbocycles. The van der Waals surface area contributed by atoms with Crippen LogP contribution < -0.4 is 26.1 Å². The van der Waals surface area contributed by atoms with Crippen LogP contribution in [0.4, 0.5) is 5.69 Å². The normalized spacial score (nSPS) is 9.87. The second-order valence-electron chi connectivity index (χ2n) is 2.74. The van der Waals surface area contributed by atoms with Gasteiger partial charge in [0.1, 0.15) is 11.5 Å². The summed E-state index contributed by atoms with van der Waals surface area (Å²) in [7, 11) is 3.12. The summed E-state index contributed by atoms with van der Waals surface area (Å²) in [5.41, 5.74) is 3.24. The summed E-state index contributed by atoms with van der Waals surface area (Å²) in [5.74, 6) is 6.37. The highest BCUT2D eigenvalue weighted by atomic mass is 35.5. The third-order valence-corrected chi connectivity index (χ3v) is 2.15. The minimum absolute atomic E-state index is 0.418. The van der Waals surface area contributed by atoms with Gasteiger partial charge in [-0.3, -0.25) is 5.84 Å². The van der Waals surface area contributed by atoms with Crippen LogP contribution >= 0.6 is 11.6 Å². The van der Waals surface area contributed by atoms with Crippen LogP contribution in [0, 0.1) is 0 Å². The first-order valence-corrected chi connectivity index (χ1v) is 4.69. The lowest BCUT2D eigenvalue weighted by Crippen LogP contribution is -2.28. The molecule has 5 nitrogen and oxygen atoms in total. The molecule has 0 aliphatic rings. The average molecular weight is 232 g/mol. The van der Waals surface area contributed by atoms with Gasteiger partial charge in [-0.1, -0.05) is 11.6 Å². The lowest BCUT2D eigenvalue weighted by Gasteiger charge is -2.13. The second-order valence-corrected chi connectivity index (χ2v) is 3.15. The number of nitrogens with one attached hydrogen (secondary N) is 2. The monoisotopic (exact) mass is 231 g/mol. The van der Waals surface area contributed by atoms with E-state index in [0.29, 0.717) is 23.2 Å². The Bertz CT molecular complexity index is 333. The van der Waals surface area contributed by atoms with Crippen LogP contribution in [0.3, 0.4) is 0 Å². The SMILES string of the molecule is COc1cc(NCNN)c(OC)cc1Cl. The third kappa shape index (κ3) is 2.89. The Kier molecular flexibility index (Phi) is 4.48. The zero-order valence-corrected chi connectivity index (χ0v) is 9.39. The number of nitrogens with two attached hydrogens (primary N) is 1. The number of hydrogen-bond acceptors (Lipinski definition) is 5. The molecule has 4 N–H and O–H groups in total. The van der Waals surface area contributed by atoms with Crippen molar-refractivity contribution >= 4 is 17.3 Å². The molecule has 0 aliphatic heterocycles. The summed E-state index contributed by atoms with van der Waals surface area (Å²) in [6.45, 7) is 0.418. The maximum absolute atomic E-state index is 5.94. The number of methoxy groups -OCH3 is 2. The largest absolute Gasteiger partial charge is 0.495 e. The highest BCUT2D eigenvalue weighted by Gasteiger charge is 2.08. The molecule has 0 saturated heterocycles. The van der Waals surface area contributed by atoms with Crippen molar-refractivity contribution in [2.24, 2.45) is 5.84 Å². The van der Waals surface area contributed by atoms with E-state index in [9.17, 15) is 0 Å². The molecule has 84 valence electrons. The van der Waals surface area contributed by atoms with Gasteiger partial charge in [0.05, 0.1) is 31.6 Å². The van der Waals surface area contributed by atoms with Crippen LogP contribution in [0.15, 0.2) is 12.1 Å². The third-order valence-electron chi connectivity index (χ3n) is 1.85. The van der Waals surface area contributed by atoms with Crippen LogP contribution in [0.25, 0.3) is 0 Å². The van der Waals surface area contributed by atoms with Crippen LogP contribution in [-0.2, 0) is 0 Å². The summed E-state index contributed by atoms with van der Waals surface area (Å²) >= 11 is 5.94. The molecule has 6 heteroatoms. The Morgan fingerprint density at radius 3 is 2.47 bits per heavy atom. The van der Waals surface area contributed by atoms with E-state index in [2.05, 4.69) is 10.7 Å². The van der Waals surface area contributed by atoms with Gasteiger partial charge in [0.2, 0.25) is 0 Å². The van der Waals surface area contributed by atoms with Crippen LogP contribution in [0.2, 0.25) is 5.02 Å². The van der Waals surface area contributed by atoms with Crippen molar-refractivity contribution in [3.63, 3.8) is 0 Å². The first-order chi connectivity index (χ1) is 7.22. The highest BCUT2D eigenvalue weighted by Crippen LogP contribution is 2.35. The summed E-state index contributed by atoms with van der Waals surface area (Å²) in [4.78, 5) is 0. The Labute approximate surface area is 93.5 Å². The summed E-state index contributed by atoms with van der Waals surface area (Å²) < 4.78 is 10.2. The van der Waals surface area contributed by atoms with Crippen molar-refractivity contribution in [2.45, 2.75) is 0 Å². The maximum atomic E-state index is 5.94. The molecule has 1 rings (SSSR count). The first-order valence-electron chi connectivity index (χ1n) is 4.31. The zero-order valence-electron chi connectivity index (χ0n) is 8.63. The molecule has 1 aromatic rings. The van der Waals surface area contributed by atoms with Crippen molar-refractivity contribution in [2.75, 3.05) is 26.2 Å². The van der Waals surface area contributed by atoms with E-state index in [0.717, 1.165) is 5.69 Å². The summed E-state index contributed by atoms with van der Waals surface area (Å²) in [6.07, 6.45) is 0. The standard InChI is InChI=1S/C9H14ClN3O2/c1-14-8-4-7(12-5-13-11)9(15-2)3-6(8)10/h3-4,12-13H,5,11H2,1-2H3. The van der Waals surface area contributed by atoms with Gasteiger partial charge in [-0.15, -0.1) is 0 Å². The van der Waals surface area contributed by atoms with Gasteiger partial charge in [-0.2, -0.15) is 0 Å². The molecule has 0 spiro atoms. The fourth-order valence-electron chi connectivity index (χ4n) is 1.14. The van der Waals surface area contributed by atoms with Crippen molar-refractivity contribution in [3.8, 4) is 11.5 Å². The molecule has 0 bridgehead atoms. The average Bonchev–Trinajstić information content (AvgIpc) is 2.26. The van der Waals surface area contributed by atoms with Crippen molar-refractivity contribution in [1.29, 1.82) is 0 Å².